The van der Waals surface area contributed by atoms with Crippen molar-refractivity contribution in [3.8, 4) is 0 Å². The van der Waals surface area contributed by atoms with Crippen LogP contribution in [0.15, 0.2) is 102 Å². The van der Waals surface area contributed by atoms with E-state index >= 15 is 0 Å². The fourth-order valence-corrected chi connectivity index (χ4v) is 6.06. The summed E-state index contributed by atoms with van der Waals surface area (Å²) in [6.45, 7) is 0. The first-order chi connectivity index (χ1) is 19.3. The lowest BCUT2D eigenvalue weighted by molar-refractivity contribution is -0.150. The summed E-state index contributed by atoms with van der Waals surface area (Å²) in [6, 6.07) is 23.1. The summed E-state index contributed by atoms with van der Waals surface area (Å²) in [5, 5.41) is 0.855. The van der Waals surface area contributed by atoms with Gasteiger partial charge in [0.05, 0.1) is 25.7 Å². The van der Waals surface area contributed by atoms with E-state index in [0.29, 0.717) is 27.0 Å². The summed E-state index contributed by atoms with van der Waals surface area (Å²) >= 11 is 12.7. The molecule has 0 aromatic heterocycles. The number of esters is 2. The van der Waals surface area contributed by atoms with Crippen LogP contribution < -0.4 is 10.6 Å². The monoisotopic (exact) mass is 576 g/mol. The van der Waals surface area contributed by atoms with E-state index in [1.165, 1.54) is 14.2 Å². The summed E-state index contributed by atoms with van der Waals surface area (Å²) in [5.74, 6) is -4.38. The third-order valence-corrected chi connectivity index (χ3v) is 7.85. The van der Waals surface area contributed by atoms with Gasteiger partial charge in [0.25, 0.3) is 0 Å². The van der Waals surface area contributed by atoms with Gasteiger partial charge >= 0.3 is 11.9 Å². The van der Waals surface area contributed by atoms with Gasteiger partial charge in [0, 0.05) is 32.9 Å². The number of ketones is 1. The number of hydrogen-bond donors (Lipinski definition) is 1. The van der Waals surface area contributed by atoms with E-state index in [4.69, 9.17) is 38.4 Å². The van der Waals surface area contributed by atoms with E-state index in [0.717, 1.165) is 5.56 Å². The van der Waals surface area contributed by atoms with Crippen molar-refractivity contribution in [1.29, 1.82) is 0 Å². The highest BCUT2D eigenvalue weighted by atomic mass is 35.5. The lowest BCUT2D eigenvalue weighted by Crippen LogP contribution is -2.46. The SMILES string of the molecule is COC(=O)C1=C(N)N(c2cccc(Cl)c2)C2=C(C(=O)[C@@H](C(=O)OC)[C@@H](c3ccccc3)C2)[C@@H]1c1cccc(Cl)c1. The number of hydrogen-bond acceptors (Lipinski definition) is 7. The van der Waals surface area contributed by atoms with Crippen LogP contribution in [-0.2, 0) is 23.9 Å². The molecule has 2 N–H and O–H groups in total. The maximum atomic E-state index is 14.6. The number of ether oxygens (including phenoxy) is 2. The first-order valence-corrected chi connectivity index (χ1v) is 13.3. The predicted molar refractivity (Wildman–Crippen MR) is 153 cm³/mol. The minimum absolute atomic E-state index is 0.0543. The van der Waals surface area contributed by atoms with Crippen molar-refractivity contribution in [2.75, 3.05) is 19.1 Å². The number of carbonyl (C=O) groups is 3. The normalized spacial score (nSPS) is 20.8. The van der Waals surface area contributed by atoms with Crippen molar-refractivity contribution in [1.82, 2.24) is 0 Å². The van der Waals surface area contributed by atoms with Crippen molar-refractivity contribution in [3.05, 3.63) is 123 Å². The van der Waals surface area contributed by atoms with Crippen molar-refractivity contribution < 1.29 is 23.9 Å². The standard InChI is InChI=1S/C31H26Cl2N2O5/c1-39-30(37)25-22(17-8-4-3-5-9-17)16-23-26(28(25)36)24(18-10-6-11-19(32)14-18)27(31(38)40-2)29(34)35(23)21-13-7-12-20(33)15-21/h3-15,22,24-25H,16,34H2,1-2H3/t22-,24+,25+/m1/s1. The molecule has 2 aliphatic rings. The van der Waals surface area contributed by atoms with E-state index in [1.54, 1.807) is 53.4 Å². The molecule has 1 aliphatic heterocycles. The molecule has 7 nitrogen and oxygen atoms in total. The van der Waals surface area contributed by atoms with E-state index in [9.17, 15) is 14.4 Å². The zero-order valence-electron chi connectivity index (χ0n) is 21.8. The fraction of sp³-hybridized carbons (Fsp3) is 0.194. The third kappa shape index (κ3) is 4.76. The number of carbonyl (C=O) groups excluding carboxylic acids is 3. The molecule has 0 unspecified atom stereocenters. The summed E-state index contributed by atoms with van der Waals surface area (Å²) in [7, 11) is 2.50. The van der Waals surface area contributed by atoms with Crippen LogP contribution in [0.25, 0.3) is 0 Å². The van der Waals surface area contributed by atoms with Gasteiger partial charge in [0.15, 0.2) is 5.78 Å². The molecule has 0 fully saturated rings. The third-order valence-electron chi connectivity index (χ3n) is 7.38. The number of anilines is 1. The van der Waals surface area contributed by atoms with Gasteiger partial charge in [0.2, 0.25) is 0 Å². The molecule has 0 saturated carbocycles. The van der Waals surface area contributed by atoms with Gasteiger partial charge in [-0.05, 0) is 47.9 Å². The number of nitrogens with two attached hydrogens (primary N) is 1. The van der Waals surface area contributed by atoms with Crippen LogP contribution in [0.4, 0.5) is 5.69 Å². The van der Waals surface area contributed by atoms with Crippen molar-refractivity contribution >= 4 is 46.6 Å². The van der Waals surface area contributed by atoms with Crippen molar-refractivity contribution in [2.24, 2.45) is 11.7 Å². The Kier molecular flexibility index (Phi) is 7.70. The van der Waals surface area contributed by atoms with Crippen LogP contribution in [0.1, 0.15) is 29.4 Å². The molecular weight excluding hydrogens is 551 g/mol. The molecule has 0 radical (unpaired) electrons. The molecular formula is C31H26Cl2N2O5. The molecule has 3 atom stereocenters. The highest BCUT2D eigenvalue weighted by molar-refractivity contribution is 6.31. The molecule has 5 rings (SSSR count). The number of benzene rings is 3. The maximum absolute atomic E-state index is 14.6. The number of halogens is 2. The van der Waals surface area contributed by atoms with Gasteiger partial charge in [-0.15, -0.1) is 0 Å². The number of methoxy groups -OCH3 is 2. The Morgan fingerprint density at radius 3 is 2.15 bits per heavy atom. The molecule has 204 valence electrons. The van der Waals surface area contributed by atoms with Crippen LogP contribution in [0, 0.1) is 5.92 Å². The van der Waals surface area contributed by atoms with E-state index in [-0.39, 0.29) is 23.4 Å². The molecule has 1 heterocycles. The van der Waals surface area contributed by atoms with Gasteiger partial charge in [-0.2, -0.15) is 0 Å². The molecule has 0 bridgehead atoms. The lowest BCUT2D eigenvalue weighted by atomic mass is 9.67. The second-order valence-electron chi connectivity index (χ2n) is 9.54. The maximum Gasteiger partial charge on any atom is 0.338 e. The first-order valence-electron chi connectivity index (χ1n) is 12.6. The smallest absolute Gasteiger partial charge is 0.338 e. The highest BCUT2D eigenvalue weighted by Gasteiger charge is 2.51. The zero-order chi connectivity index (χ0) is 28.6. The van der Waals surface area contributed by atoms with E-state index < -0.39 is 35.5 Å². The summed E-state index contributed by atoms with van der Waals surface area (Å²) in [4.78, 5) is 42.8. The fourth-order valence-electron chi connectivity index (χ4n) is 5.68. The Balaban J connectivity index is 1.84. The van der Waals surface area contributed by atoms with Crippen LogP contribution in [0.5, 0.6) is 0 Å². The molecule has 9 heteroatoms. The minimum atomic E-state index is -1.15. The number of rotatable bonds is 5. The van der Waals surface area contributed by atoms with Crippen LogP contribution >= 0.6 is 23.2 Å². The van der Waals surface area contributed by atoms with Gasteiger partial charge in [-0.25, -0.2) is 4.79 Å². The Hall–Kier alpha value is -4.07. The second-order valence-corrected chi connectivity index (χ2v) is 10.4. The molecule has 0 saturated heterocycles. The molecule has 40 heavy (non-hydrogen) atoms. The van der Waals surface area contributed by atoms with Gasteiger partial charge in [0.1, 0.15) is 11.7 Å². The largest absolute Gasteiger partial charge is 0.468 e. The van der Waals surface area contributed by atoms with Crippen LogP contribution in [0.3, 0.4) is 0 Å². The van der Waals surface area contributed by atoms with Crippen LogP contribution in [-0.4, -0.2) is 31.9 Å². The van der Waals surface area contributed by atoms with E-state index in [1.807, 2.05) is 30.3 Å². The Morgan fingerprint density at radius 2 is 1.52 bits per heavy atom. The molecule has 0 spiro atoms. The van der Waals surface area contributed by atoms with Gasteiger partial charge in [-0.3, -0.25) is 14.5 Å². The van der Waals surface area contributed by atoms with Crippen molar-refractivity contribution in [2.45, 2.75) is 18.3 Å². The average molecular weight is 577 g/mol. The Morgan fingerprint density at radius 1 is 0.875 bits per heavy atom. The van der Waals surface area contributed by atoms with Crippen molar-refractivity contribution in [3.63, 3.8) is 0 Å². The lowest BCUT2D eigenvalue weighted by Gasteiger charge is -2.44. The molecule has 3 aromatic rings. The van der Waals surface area contributed by atoms with Crippen LogP contribution in [0.2, 0.25) is 10.0 Å². The predicted octanol–water partition coefficient (Wildman–Crippen LogP) is 5.74. The number of nitrogens with zero attached hydrogens (tertiary/aromatic N) is 1. The first kappa shape index (κ1) is 27.5. The summed E-state index contributed by atoms with van der Waals surface area (Å²) < 4.78 is 10.3. The van der Waals surface area contributed by atoms with E-state index in [2.05, 4.69) is 0 Å². The summed E-state index contributed by atoms with van der Waals surface area (Å²) in [6.07, 6.45) is 0.254. The number of allylic oxidation sites excluding steroid dienone is 2. The Labute approximate surface area is 241 Å². The molecule has 0 amide bonds. The Bertz CT molecular complexity index is 1570. The summed E-state index contributed by atoms with van der Waals surface area (Å²) in [5.41, 5.74) is 9.56. The van der Waals surface area contributed by atoms with Gasteiger partial charge in [-0.1, -0.05) is 71.7 Å². The number of Topliss-reactive ketones (excluding diaryl/α,β-unsaturated/α-hetero) is 1. The van der Waals surface area contributed by atoms with Gasteiger partial charge < -0.3 is 15.2 Å². The zero-order valence-corrected chi connectivity index (χ0v) is 23.3. The average Bonchev–Trinajstić information content (AvgIpc) is 2.96. The quantitative estimate of drug-likeness (QED) is 0.305. The molecule has 1 aliphatic carbocycles. The minimum Gasteiger partial charge on any atom is -0.468 e. The molecule has 3 aromatic carbocycles. The second kappa shape index (κ2) is 11.2. The highest BCUT2D eigenvalue weighted by Crippen LogP contribution is 2.51. The topological polar surface area (TPSA) is 98.9 Å².